The zero-order chi connectivity index (χ0) is 22.2. The van der Waals surface area contributed by atoms with E-state index in [1.807, 2.05) is 4.72 Å². The zero-order valence-electron chi connectivity index (χ0n) is 16.7. The Kier molecular flexibility index (Phi) is 6.14. The van der Waals surface area contributed by atoms with Crippen molar-refractivity contribution >= 4 is 27.4 Å². The number of nitrogens with two attached hydrogens (primary N) is 1. The molecular weight excluding hydrogens is 444 g/mol. The molecule has 1 fully saturated rings. The van der Waals surface area contributed by atoms with Crippen LogP contribution in [0.3, 0.4) is 0 Å². The van der Waals surface area contributed by atoms with Crippen molar-refractivity contribution in [1.82, 2.24) is 9.62 Å². The molecule has 2 aliphatic heterocycles. The monoisotopic (exact) mass is 467 g/mol. The predicted molar refractivity (Wildman–Crippen MR) is 116 cm³/mol. The van der Waals surface area contributed by atoms with Crippen LogP contribution < -0.4 is 15.2 Å². The van der Waals surface area contributed by atoms with Gasteiger partial charge in [0, 0.05) is 30.1 Å². The molecule has 0 radical (unpaired) electrons. The minimum absolute atomic E-state index is 0.0630. The lowest BCUT2D eigenvalue weighted by molar-refractivity contribution is 0.0665. The molecule has 0 amide bonds. The Balaban J connectivity index is 1.71. The van der Waals surface area contributed by atoms with Crippen molar-refractivity contribution in [3.8, 4) is 5.75 Å². The lowest BCUT2D eigenvalue weighted by Gasteiger charge is -2.43. The standard InChI is InChI=1S/C21H23F2N3O3S2/c22-14-6-4-13(5-7-14)17-3-1-2-9-26(17)18-8-10-29-19-12-20(16(23)11-15(18)19)31(27,28)25-21(24)30/h4-7,11-12,17-18H,1-3,8-10H2,(H3,24,25,30)/t17-,18-/m0/s1. The van der Waals surface area contributed by atoms with Crippen LogP contribution in [0.5, 0.6) is 5.75 Å². The molecule has 2 aromatic carbocycles. The second-order valence-corrected chi connectivity index (χ2v) is 9.83. The van der Waals surface area contributed by atoms with E-state index >= 15 is 0 Å². The Labute approximate surface area is 185 Å². The number of thiocarbonyl (C=S) groups is 1. The summed E-state index contributed by atoms with van der Waals surface area (Å²) in [5.74, 6) is -0.860. The van der Waals surface area contributed by atoms with Crippen LogP contribution in [0.2, 0.25) is 0 Å². The topological polar surface area (TPSA) is 84.7 Å². The van der Waals surface area contributed by atoms with Gasteiger partial charge in [0.1, 0.15) is 22.3 Å². The Hall–Kier alpha value is -2.30. The molecule has 2 aromatic rings. The summed E-state index contributed by atoms with van der Waals surface area (Å²) in [4.78, 5) is 1.73. The molecule has 2 aliphatic rings. The molecule has 0 bridgehead atoms. The van der Waals surface area contributed by atoms with E-state index in [2.05, 4.69) is 17.1 Å². The summed E-state index contributed by atoms with van der Waals surface area (Å²) >= 11 is 4.58. The van der Waals surface area contributed by atoms with Crippen LogP contribution in [-0.2, 0) is 10.0 Å². The number of hydrogen-bond donors (Lipinski definition) is 2. The highest BCUT2D eigenvalue weighted by Gasteiger charge is 2.36. The highest BCUT2D eigenvalue weighted by molar-refractivity contribution is 7.91. The normalized spacial score (nSPS) is 21.7. The molecular formula is C21H23F2N3O3S2. The number of hydrogen-bond acceptors (Lipinski definition) is 5. The van der Waals surface area contributed by atoms with E-state index in [0.29, 0.717) is 24.3 Å². The van der Waals surface area contributed by atoms with Crippen molar-refractivity contribution in [1.29, 1.82) is 0 Å². The molecule has 4 rings (SSSR count). The Bertz CT molecular complexity index is 1090. The van der Waals surface area contributed by atoms with Gasteiger partial charge in [-0.2, -0.15) is 0 Å². The van der Waals surface area contributed by atoms with E-state index in [9.17, 15) is 17.2 Å². The number of likely N-dealkylation sites (tertiary alicyclic amines) is 1. The summed E-state index contributed by atoms with van der Waals surface area (Å²) in [5.41, 5.74) is 6.87. The van der Waals surface area contributed by atoms with Gasteiger partial charge in [0.2, 0.25) is 0 Å². The van der Waals surface area contributed by atoms with Crippen molar-refractivity contribution < 1.29 is 21.9 Å². The first-order valence-electron chi connectivity index (χ1n) is 10.1. The molecule has 6 nitrogen and oxygen atoms in total. The molecule has 31 heavy (non-hydrogen) atoms. The van der Waals surface area contributed by atoms with Gasteiger partial charge < -0.3 is 10.5 Å². The van der Waals surface area contributed by atoms with Crippen molar-refractivity contribution in [2.45, 2.75) is 42.7 Å². The molecule has 2 heterocycles. The summed E-state index contributed by atoms with van der Waals surface area (Å²) in [7, 11) is -4.24. The van der Waals surface area contributed by atoms with E-state index in [4.69, 9.17) is 10.5 Å². The van der Waals surface area contributed by atoms with Crippen LogP contribution in [0.15, 0.2) is 41.3 Å². The maximum Gasteiger partial charge on any atom is 0.266 e. The fourth-order valence-electron chi connectivity index (χ4n) is 4.48. The average Bonchev–Trinajstić information content (AvgIpc) is 2.72. The number of nitrogens with zero attached hydrogens (tertiary/aromatic N) is 1. The first-order chi connectivity index (χ1) is 14.8. The van der Waals surface area contributed by atoms with Crippen molar-refractivity contribution in [3.05, 3.63) is 59.2 Å². The third-order valence-corrected chi connectivity index (χ3v) is 7.41. The summed E-state index contributed by atoms with van der Waals surface area (Å²) in [6.07, 6.45) is 3.59. The minimum Gasteiger partial charge on any atom is -0.493 e. The molecule has 0 unspecified atom stereocenters. The fourth-order valence-corrected chi connectivity index (χ4v) is 5.76. The predicted octanol–water partition coefficient (Wildman–Crippen LogP) is 3.54. The largest absolute Gasteiger partial charge is 0.493 e. The van der Waals surface area contributed by atoms with Crippen LogP contribution in [0, 0.1) is 11.6 Å². The highest BCUT2D eigenvalue weighted by atomic mass is 32.2. The van der Waals surface area contributed by atoms with Gasteiger partial charge in [0.15, 0.2) is 5.11 Å². The molecule has 0 spiro atoms. The third-order valence-electron chi connectivity index (χ3n) is 5.80. The van der Waals surface area contributed by atoms with Gasteiger partial charge in [-0.25, -0.2) is 17.2 Å². The molecule has 0 saturated carbocycles. The minimum atomic E-state index is -4.24. The number of sulfonamides is 1. The van der Waals surface area contributed by atoms with E-state index in [1.54, 1.807) is 12.1 Å². The quantitative estimate of drug-likeness (QED) is 0.670. The van der Waals surface area contributed by atoms with Crippen LogP contribution in [0.25, 0.3) is 0 Å². The van der Waals surface area contributed by atoms with Crippen molar-refractivity contribution in [2.24, 2.45) is 5.73 Å². The highest BCUT2D eigenvalue weighted by Crippen LogP contribution is 2.44. The summed E-state index contributed by atoms with van der Waals surface area (Å²) in [6, 6.07) is 8.81. The number of halogens is 2. The van der Waals surface area contributed by atoms with E-state index in [-0.39, 0.29) is 17.9 Å². The number of fused-ring (bicyclic) bond motifs is 1. The Morgan fingerprint density at radius 2 is 1.87 bits per heavy atom. The van der Waals surface area contributed by atoms with Gasteiger partial charge in [0.25, 0.3) is 10.0 Å². The van der Waals surface area contributed by atoms with Gasteiger partial charge >= 0.3 is 0 Å². The van der Waals surface area contributed by atoms with Crippen LogP contribution in [-0.4, -0.2) is 31.6 Å². The maximum atomic E-state index is 14.9. The number of benzene rings is 2. The Morgan fingerprint density at radius 3 is 2.58 bits per heavy atom. The number of piperidine rings is 1. The Morgan fingerprint density at radius 1 is 1.13 bits per heavy atom. The molecule has 1 saturated heterocycles. The maximum absolute atomic E-state index is 14.9. The second kappa shape index (κ2) is 8.68. The van der Waals surface area contributed by atoms with Crippen LogP contribution in [0.1, 0.15) is 48.9 Å². The smallest absolute Gasteiger partial charge is 0.266 e. The summed E-state index contributed by atoms with van der Waals surface area (Å²) in [6.45, 7) is 1.18. The lowest BCUT2D eigenvalue weighted by Crippen LogP contribution is -2.39. The van der Waals surface area contributed by atoms with Gasteiger partial charge in [-0.1, -0.05) is 18.6 Å². The zero-order valence-corrected chi connectivity index (χ0v) is 18.3. The lowest BCUT2D eigenvalue weighted by atomic mass is 9.89. The number of rotatable bonds is 4. The van der Waals surface area contributed by atoms with E-state index < -0.39 is 25.8 Å². The van der Waals surface area contributed by atoms with E-state index in [0.717, 1.165) is 31.4 Å². The SMILES string of the molecule is NC(=S)NS(=O)(=O)c1cc2c(cc1F)[C@@H](N1CCCC[C@H]1c1ccc(F)cc1)CCO2. The summed E-state index contributed by atoms with van der Waals surface area (Å²) < 4.78 is 60.7. The number of ether oxygens (including phenoxy) is 1. The first kappa shape index (κ1) is 21.9. The molecule has 166 valence electrons. The summed E-state index contributed by atoms with van der Waals surface area (Å²) in [5, 5.41) is -0.466. The third kappa shape index (κ3) is 4.51. The van der Waals surface area contributed by atoms with Crippen molar-refractivity contribution in [2.75, 3.05) is 13.2 Å². The van der Waals surface area contributed by atoms with Gasteiger partial charge in [-0.3, -0.25) is 9.62 Å². The van der Waals surface area contributed by atoms with Crippen molar-refractivity contribution in [3.63, 3.8) is 0 Å². The second-order valence-electron chi connectivity index (χ2n) is 7.74. The molecule has 2 atom stereocenters. The fraction of sp³-hybridized carbons (Fsp3) is 0.381. The van der Waals surface area contributed by atoms with Gasteiger partial charge in [-0.15, -0.1) is 0 Å². The first-order valence-corrected chi connectivity index (χ1v) is 11.9. The van der Waals surface area contributed by atoms with Gasteiger partial charge in [-0.05, 0) is 55.4 Å². The number of nitrogens with one attached hydrogen (secondary N) is 1. The van der Waals surface area contributed by atoms with Gasteiger partial charge in [0.05, 0.1) is 6.61 Å². The van der Waals surface area contributed by atoms with Crippen LogP contribution >= 0.6 is 12.2 Å². The molecule has 3 N–H and O–H groups in total. The molecule has 0 aliphatic carbocycles. The van der Waals surface area contributed by atoms with E-state index in [1.165, 1.54) is 24.3 Å². The average molecular weight is 468 g/mol. The molecule has 0 aromatic heterocycles. The molecule has 10 heteroatoms. The van der Waals surface area contributed by atoms with Crippen LogP contribution in [0.4, 0.5) is 8.78 Å².